The standard InChI is InChI=1S/C15H21Cl2NO3/c1-4-18(10-15(2,3)20)14(19)7-8-21-11-5-6-12(16)13(17)9-11/h5-6,9,20H,4,7-8,10H2,1-3H3. The molecule has 0 aromatic heterocycles. The number of nitrogens with zero attached hydrogens (tertiary/aromatic N) is 1. The summed E-state index contributed by atoms with van der Waals surface area (Å²) in [5.74, 6) is 0.516. The first-order valence-corrected chi connectivity index (χ1v) is 7.56. The number of halogens is 2. The van der Waals surface area contributed by atoms with Crippen LogP contribution in [0.15, 0.2) is 18.2 Å². The molecule has 0 saturated heterocycles. The third kappa shape index (κ3) is 6.55. The number of likely N-dealkylation sites (N-methyl/N-ethyl adjacent to an activating group) is 1. The summed E-state index contributed by atoms with van der Waals surface area (Å²) in [6.45, 7) is 6.33. The van der Waals surface area contributed by atoms with Gasteiger partial charge in [0, 0.05) is 19.2 Å². The summed E-state index contributed by atoms with van der Waals surface area (Å²) >= 11 is 11.7. The van der Waals surface area contributed by atoms with E-state index in [1.54, 1.807) is 36.9 Å². The zero-order valence-electron chi connectivity index (χ0n) is 12.5. The maximum atomic E-state index is 12.1. The van der Waals surface area contributed by atoms with Crippen LogP contribution in [0, 0.1) is 0 Å². The normalized spacial score (nSPS) is 11.3. The van der Waals surface area contributed by atoms with E-state index < -0.39 is 5.60 Å². The van der Waals surface area contributed by atoms with E-state index in [0.717, 1.165) is 0 Å². The van der Waals surface area contributed by atoms with Gasteiger partial charge < -0.3 is 14.7 Å². The Morgan fingerprint density at radius 3 is 2.52 bits per heavy atom. The van der Waals surface area contributed by atoms with E-state index in [0.29, 0.717) is 28.9 Å². The van der Waals surface area contributed by atoms with Crippen LogP contribution in [-0.2, 0) is 4.79 Å². The molecule has 0 saturated carbocycles. The molecule has 0 radical (unpaired) electrons. The first-order valence-electron chi connectivity index (χ1n) is 6.81. The van der Waals surface area contributed by atoms with Gasteiger partial charge in [-0.15, -0.1) is 0 Å². The van der Waals surface area contributed by atoms with Crippen molar-refractivity contribution >= 4 is 29.1 Å². The summed E-state index contributed by atoms with van der Waals surface area (Å²) in [7, 11) is 0. The summed E-state index contributed by atoms with van der Waals surface area (Å²) in [6.07, 6.45) is 0.240. The highest BCUT2D eigenvalue weighted by atomic mass is 35.5. The average Bonchev–Trinajstić information content (AvgIpc) is 2.39. The van der Waals surface area contributed by atoms with Crippen molar-refractivity contribution < 1.29 is 14.6 Å². The molecule has 0 bridgehead atoms. The number of hydrogen-bond acceptors (Lipinski definition) is 3. The van der Waals surface area contributed by atoms with Crippen LogP contribution in [-0.4, -0.2) is 41.2 Å². The predicted molar refractivity (Wildman–Crippen MR) is 85.1 cm³/mol. The highest BCUT2D eigenvalue weighted by molar-refractivity contribution is 6.42. The number of aliphatic hydroxyl groups is 1. The molecule has 21 heavy (non-hydrogen) atoms. The van der Waals surface area contributed by atoms with E-state index in [1.165, 1.54) is 0 Å². The Balaban J connectivity index is 2.46. The smallest absolute Gasteiger partial charge is 0.226 e. The highest BCUT2D eigenvalue weighted by Crippen LogP contribution is 2.26. The van der Waals surface area contributed by atoms with Gasteiger partial charge in [-0.05, 0) is 32.9 Å². The van der Waals surface area contributed by atoms with Gasteiger partial charge in [-0.1, -0.05) is 23.2 Å². The molecule has 4 nitrogen and oxygen atoms in total. The number of carbonyl (C=O) groups excluding carboxylic acids is 1. The lowest BCUT2D eigenvalue weighted by molar-refractivity contribution is -0.134. The third-order valence-electron chi connectivity index (χ3n) is 2.79. The second-order valence-corrected chi connectivity index (χ2v) is 6.21. The predicted octanol–water partition coefficient (Wildman–Crippen LogP) is 3.38. The fraction of sp³-hybridized carbons (Fsp3) is 0.533. The van der Waals surface area contributed by atoms with E-state index in [9.17, 15) is 9.90 Å². The molecule has 1 aromatic rings. The highest BCUT2D eigenvalue weighted by Gasteiger charge is 2.21. The number of hydrogen-bond donors (Lipinski definition) is 1. The van der Waals surface area contributed by atoms with Crippen LogP contribution in [0.4, 0.5) is 0 Å². The Kier molecular flexibility index (Phi) is 6.78. The summed E-state index contributed by atoms with van der Waals surface area (Å²) in [5.41, 5.74) is -0.907. The van der Waals surface area contributed by atoms with Crippen molar-refractivity contribution in [3.63, 3.8) is 0 Å². The zero-order chi connectivity index (χ0) is 16.0. The summed E-state index contributed by atoms with van der Waals surface area (Å²) in [4.78, 5) is 13.7. The first-order chi connectivity index (χ1) is 9.73. The summed E-state index contributed by atoms with van der Waals surface area (Å²) in [6, 6.07) is 4.96. The maximum absolute atomic E-state index is 12.1. The molecule has 118 valence electrons. The fourth-order valence-electron chi connectivity index (χ4n) is 1.82. The molecule has 0 aliphatic rings. The van der Waals surface area contributed by atoms with Crippen molar-refractivity contribution in [1.29, 1.82) is 0 Å². The van der Waals surface area contributed by atoms with Gasteiger partial charge in [-0.2, -0.15) is 0 Å². The Morgan fingerprint density at radius 2 is 2.00 bits per heavy atom. The van der Waals surface area contributed by atoms with Gasteiger partial charge in [0.2, 0.25) is 5.91 Å². The molecule has 0 aliphatic carbocycles. The Hall–Kier alpha value is -0.970. The van der Waals surface area contributed by atoms with E-state index in [2.05, 4.69) is 0 Å². The minimum atomic E-state index is -0.907. The second-order valence-electron chi connectivity index (χ2n) is 5.39. The molecule has 6 heteroatoms. The molecule has 0 aliphatic heterocycles. The van der Waals surface area contributed by atoms with Gasteiger partial charge in [0.25, 0.3) is 0 Å². The fourth-order valence-corrected chi connectivity index (χ4v) is 2.11. The molecule has 0 spiro atoms. The van der Waals surface area contributed by atoms with Crippen LogP contribution in [0.5, 0.6) is 5.75 Å². The van der Waals surface area contributed by atoms with Crippen LogP contribution in [0.2, 0.25) is 10.0 Å². The minimum Gasteiger partial charge on any atom is -0.493 e. The molecule has 0 heterocycles. The SMILES string of the molecule is CCN(CC(C)(C)O)C(=O)CCOc1ccc(Cl)c(Cl)c1. The zero-order valence-corrected chi connectivity index (χ0v) is 14.0. The van der Waals surface area contributed by atoms with Crippen molar-refractivity contribution in [1.82, 2.24) is 4.90 Å². The van der Waals surface area contributed by atoms with Crippen LogP contribution in [0.1, 0.15) is 27.2 Å². The van der Waals surface area contributed by atoms with Crippen molar-refractivity contribution in [3.05, 3.63) is 28.2 Å². The van der Waals surface area contributed by atoms with Crippen molar-refractivity contribution in [2.24, 2.45) is 0 Å². The lowest BCUT2D eigenvalue weighted by Gasteiger charge is -2.28. The molecule has 0 fully saturated rings. The van der Waals surface area contributed by atoms with Gasteiger partial charge in [-0.3, -0.25) is 4.79 Å². The number of ether oxygens (including phenoxy) is 1. The van der Waals surface area contributed by atoms with Crippen molar-refractivity contribution in [3.8, 4) is 5.75 Å². The summed E-state index contributed by atoms with van der Waals surface area (Å²) in [5, 5.41) is 10.7. The van der Waals surface area contributed by atoms with Crippen LogP contribution in [0.25, 0.3) is 0 Å². The molecule has 1 amide bonds. The topological polar surface area (TPSA) is 49.8 Å². The lowest BCUT2D eigenvalue weighted by Crippen LogP contribution is -2.42. The quantitative estimate of drug-likeness (QED) is 0.832. The van der Waals surface area contributed by atoms with Crippen molar-refractivity contribution in [2.75, 3.05) is 19.7 Å². The monoisotopic (exact) mass is 333 g/mol. The lowest BCUT2D eigenvalue weighted by atomic mass is 10.1. The van der Waals surface area contributed by atoms with Gasteiger partial charge >= 0.3 is 0 Å². The van der Waals surface area contributed by atoms with Crippen molar-refractivity contribution in [2.45, 2.75) is 32.8 Å². The van der Waals surface area contributed by atoms with Crippen LogP contribution in [0.3, 0.4) is 0 Å². The average molecular weight is 334 g/mol. The van der Waals surface area contributed by atoms with E-state index >= 15 is 0 Å². The van der Waals surface area contributed by atoms with E-state index in [1.807, 2.05) is 6.92 Å². The van der Waals surface area contributed by atoms with Gasteiger partial charge in [0.15, 0.2) is 0 Å². The Morgan fingerprint density at radius 1 is 1.33 bits per heavy atom. The molecular weight excluding hydrogens is 313 g/mol. The molecular formula is C15H21Cl2NO3. The van der Waals surface area contributed by atoms with Crippen LogP contribution < -0.4 is 4.74 Å². The Bertz CT molecular complexity index is 486. The van der Waals surface area contributed by atoms with Gasteiger partial charge in [-0.25, -0.2) is 0 Å². The molecule has 1 N–H and O–H groups in total. The number of benzene rings is 1. The molecule has 0 unspecified atom stereocenters. The van der Waals surface area contributed by atoms with Gasteiger partial charge in [0.1, 0.15) is 5.75 Å². The molecule has 1 rings (SSSR count). The van der Waals surface area contributed by atoms with Gasteiger partial charge in [0.05, 0.1) is 28.7 Å². The maximum Gasteiger partial charge on any atom is 0.226 e. The molecule has 0 atom stereocenters. The number of amides is 1. The second kappa shape index (κ2) is 7.87. The summed E-state index contributed by atoms with van der Waals surface area (Å²) < 4.78 is 5.48. The van der Waals surface area contributed by atoms with Crippen LogP contribution >= 0.6 is 23.2 Å². The number of carbonyl (C=O) groups is 1. The first kappa shape index (κ1) is 18.1. The van der Waals surface area contributed by atoms with E-state index in [4.69, 9.17) is 27.9 Å². The minimum absolute atomic E-state index is 0.0558. The van der Waals surface area contributed by atoms with E-state index in [-0.39, 0.29) is 18.9 Å². The molecule has 1 aromatic carbocycles. The largest absolute Gasteiger partial charge is 0.493 e. The Labute approximate surface area is 135 Å². The number of rotatable bonds is 7. The third-order valence-corrected chi connectivity index (χ3v) is 3.53.